The van der Waals surface area contributed by atoms with Crippen molar-refractivity contribution < 1.29 is 4.79 Å². The smallest absolute Gasteiger partial charge is 0.251 e. The van der Waals surface area contributed by atoms with Crippen LogP contribution in [0.4, 0.5) is 0 Å². The van der Waals surface area contributed by atoms with Gasteiger partial charge in [0.2, 0.25) is 0 Å². The lowest BCUT2D eigenvalue weighted by molar-refractivity contribution is 0.0943. The number of piperidine rings is 1. The summed E-state index contributed by atoms with van der Waals surface area (Å²) in [4.78, 5) is 12.2. The first kappa shape index (κ1) is 14.1. The zero-order valence-electron chi connectivity index (χ0n) is 12.1. The number of carbonyl (C=O) groups excluding carboxylic acids is 1. The Morgan fingerprint density at radius 1 is 1.37 bits per heavy atom. The molecular formula is C16H24N2O. The third kappa shape index (κ3) is 3.80. The molecule has 1 fully saturated rings. The molecule has 2 rings (SSSR count). The molecule has 1 aromatic carbocycles. The molecule has 0 bridgehead atoms. The second kappa shape index (κ2) is 6.20. The normalized spacial score (nSPS) is 23.1. The fourth-order valence-electron chi connectivity index (χ4n) is 2.63. The molecule has 0 aliphatic carbocycles. The predicted molar refractivity (Wildman–Crippen MR) is 78.4 cm³/mol. The molecule has 1 aromatic rings. The summed E-state index contributed by atoms with van der Waals surface area (Å²) < 4.78 is 0. The van der Waals surface area contributed by atoms with Crippen LogP contribution in [0.25, 0.3) is 0 Å². The van der Waals surface area contributed by atoms with Gasteiger partial charge in [-0.2, -0.15) is 0 Å². The van der Waals surface area contributed by atoms with Gasteiger partial charge in [-0.05, 0) is 57.7 Å². The third-order valence-corrected chi connectivity index (χ3v) is 3.94. The van der Waals surface area contributed by atoms with Crippen LogP contribution < -0.4 is 10.6 Å². The van der Waals surface area contributed by atoms with Gasteiger partial charge in [-0.15, -0.1) is 0 Å². The van der Waals surface area contributed by atoms with E-state index in [1.165, 1.54) is 18.4 Å². The van der Waals surface area contributed by atoms with E-state index in [1.807, 2.05) is 26.0 Å². The minimum absolute atomic E-state index is 0.0520. The molecule has 1 heterocycles. The van der Waals surface area contributed by atoms with Gasteiger partial charge in [0.05, 0.1) is 0 Å². The van der Waals surface area contributed by atoms with Crippen LogP contribution >= 0.6 is 0 Å². The first-order valence-electron chi connectivity index (χ1n) is 7.15. The van der Waals surface area contributed by atoms with Crippen LogP contribution in [0.5, 0.6) is 0 Å². The van der Waals surface area contributed by atoms with Crippen molar-refractivity contribution >= 4 is 5.91 Å². The Balaban J connectivity index is 1.87. The van der Waals surface area contributed by atoms with Crippen LogP contribution in [0.1, 0.15) is 41.3 Å². The van der Waals surface area contributed by atoms with E-state index in [-0.39, 0.29) is 5.91 Å². The summed E-state index contributed by atoms with van der Waals surface area (Å²) in [6.07, 6.45) is 2.39. The van der Waals surface area contributed by atoms with Crippen molar-refractivity contribution in [2.45, 2.75) is 39.7 Å². The van der Waals surface area contributed by atoms with E-state index in [0.717, 1.165) is 24.2 Å². The fraction of sp³-hybridized carbons (Fsp3) is 0.562. The maximum absolute atomic E-state index is 12.2. The maximum atomic E-state index is 12.2. The summed E-state index contributed by atoms with van der Waals surface area (Å²) >= 11 is 0. The lowest BCUT2D eigenvalue weighted by Crippen LogP contribution is -2.42. The molecule has 0 radical (unpaired) electrons. The van der Waals surface area contributed by atoms with Gasteiger partial charge < -0.3 is 10.6 Å². The Morgan fingerprint density at radius 2 is 2.16 bits per heavy atom. The molecule has 1 aliphatic heterocycles. The van der Waals surface area contributed by atoms with Crippen LogP contribution in [0.15, 0.2) is 18.2 Å². The van der Waals surface area contributed by atoms with Crippen molar-refractivity contribution in [3.8, 4) is 0 Å². The standard InChI is InChI=1S/C16H24N2O/c1-11-4-7-15(12(2)8-11)16(19)18-10-14-6-5-13(3)17-9-14/h4,7-8,13-14,17H,5-6,9-10H2,1-3H3,(H,18,19). The largest absolute Gasteiger partial charge is 0.352 e. The third-order valence-electron chi connectivity index (χ3n) is 3.94. The zero-order valence-corrected chi connectivity index (χ0v) is 12.1. The summed E-state index contributed by atoms with van der Waals surface area (Å²) in [6.45, 7) is 8.03. The van der Waals surface area contributed by atoms with Crippen molar-refractivity contribution in [2.75, 3.05) is 13.1 Å². The van der Waals surface area contributed by atoms with Crippen molar-refractivity contribution in [3.63, 3.8) is 0 Å². The average Bonchev–Trinajstić information content (AvgIpc) is 2.37. The minimum Gasteiger partial charge on any atom is -0.352 e. The van der Waals surface area contributed by atoms with E-state index in [2.05, 4.69) is 23.6 Å². The highest BCUT2D eigenvalue weighted by atomic mass is 16.1. The molecule has 2 atom stereocenters. The van der Waals surface area contributed by atoms with E-state index in [4.69, 9.17) is 0 Å². The molecule has 19 heavy (non-hydrogen) atoms. The quantitative estimate of drug-likeness (QED) is 0.876. The predicted octanol–water partition coefficient (Wildman–Crippen LogP) is 2.42. The molecule has 3 heteroatoms. The van der Waals surface area contributed by atoms with E-state index < -0.39 is 0 Å². The van der Waals surface area contributed by atoms with Gasteiger partial charge in [0, 0.05) is 18.2 Å². The molecule has 1 aliphatic rings. The van der Waals surface area contributed by atoms with Gasteiger partial charge in [0.15, 0.2) is 0 Å². The molecule has 0 saturated carbocycles. The number of hydrogen-bond acceptors (Lipinski definition) is 2. The summed E-state index contributed by atoms with van der Waals surface area (Å²) in [7, 11) is 0. The van der Waals surface area contributed by atoms with Crippen LogP contribution in [-0.4, -0.2) is 25.0 Å². The van der Waals surface area contributed by atoms with E-state index in [9.17, 15) is 4.79 Å². The average molecular weight is 260 g/mol. The topological polar surface area (TPSA) is 41.1 Å². The summed E-state index contributed by atoms with van der Waals surface area (Å²) in [6, 6.07) is 6.58. The molecule has 0 aromatic heterocycles. The Labute approximate surface area is 115 Å². The van der Waals surface area contributed by atoms with E-state index >= 15 is 0 Å². The fourth-order valence-corrected chi connectivity index (χ4v) is 2.63. The van der Waals surface area contributed by atoms with E-state index in [1.54, 1.807) is 0 Å². The van der Waals surface area contributed by atoms with Gasteiger partial charge in [-0.3, -0.25) is 4.79 Å². The second-order valence-electron chi connectivity index (χ2n) is 5.78. The molecule has 2 unspecified atom stereocenters. The number of aryl methyl sites for hydroxylation is 2. The van der Waals surface area contributed by atoms with Gasteiger partial charge >= 0.3 is 0 Å². The van der Waals surface area contributed by atoms with E-state index in [0.29, 0.717) is 12.0 Å². The number of amides is 1. The summed E-state index contributed by atoms with van der Waals surface area (Å²) in [5.41, 5.74) is 3.04. The molecular weight excluding hydrogens is 236 g/mol. The van der Waals surface area contributed by atoms with Crippen molar-refractivity contribution in [1.29, 1.82) is 0 Å². The van der Waals surface area contributed by atoms with Gasteiger partial charge in [0.25, 0.3) is 5.91 Å². The van der Waals surface area contributed by atoms with Crippen LogP contribution in [0.2, 0.25) is 0 Å². The zero-order chi connectivity index (χ0) is 13.8. The Hall–Kier alpha value is -1.35. The molecule has 0 spiro atoms. The number of benzene rings is 1. The molecule has 1 amide bonds. The van der Waals surface area contributed by atoms with Crippen LogP contribution in [-0.2, 0) is 0 Å². The highest BCUT2D eigenvalue weighted by Gasteiger charge is 2.18. The second-order valence-corrected chi connectivity index (χ2v) is 5.78. The van der Waals surface area contributed by atoms with Crippen LogP contribution in [0.3, 0.4) is 0 Å². The molecule has 104 valence electrons. The summed E-state index contributed by atoms with van der Waals surface area (Å²) in [5, 5.41) is 6.53. The van der Waals surface area contributed by atoms with Gasteiger partial charge in [0.1, 0.15) is 0 Å². The Morgan fingerprint density at radius 3 is 2.79 bits per heavy atom. The first-order valence-corrected chi connectivity index (χ1v) is 7.15. The molecule has 3 nitrogen and oxygen atoms in total. The van der Waals surface area contributed by atoms with Crippen molar-refractivity contribution in [3.05, 3.63) is 34.9 Å². The van der Waals surface area contributed by atoms with Crippen molar-refractivity contribution in [1.82, 2.24) is 10.6 Å². The van der Waals surface area contributed by atoms with Gasteiger partial charge in [-0.25, -0.2) is 0 Å². The maximum Gasteiger partial charge on any atom is 0.251 e. The highest BCUT2D eigenvalue weighted by molar-refractivity contribution is 5.95. The monoisotopic (exact) mass is 260 g/mol. The Kier molecular flexibility index (Phi) is 4.59. The molecule has 1 saturated heterocycles. The molecule has 2 N–H and O–H groups in total. The SMILES string of the molecule is Cc1ccc(C(=O)NCC2CCC(C)NC2)c(C)c1. The Bertz CT molecular complexity index is 448. The number of nitrogens with one attached hydrogen (secondary N) is 2. The van der Waals surface area contributed by atoms with Crippen LogP contribution in [0, 0.1) is 19.8 Å². The van der Waals surface area contributed by atoms with Gasteiger partial charge in [-0.1, -0.05) is 17.7 Å². The number of hydrogen-bond donors (Lipinski definition) is 2. The number of rotatable bonds is 3. The first-order chi connectivity index (χ1) is 9.06. The minimum atomic E-state index is 0.0520. The lowest BCUT2D eigenvalue weighted by atomic mass is 9.95. The highest BCUT2D eigenvalue weighted by Crippen LogP contribution is 2.14. The lowest BCUT2D eigenvalue weighted by Gasteiger charge is -2.27. The summed E-state index contributed by atoms with van der Waals surface area (Å²) in [5.74, 6) is 0.613. The number of carbonyl (C=O) groups is 1. The van der Waals surface area contributed by atoms with Crippen molar-refractivity contribution in [2.24, 2.45) is 5.92 Å².